The molecule has 1 aromatic heterocycles. The van der Waals surface area contributed by atoms with Crippen molar-refractivity contribution in [3.05, 3.63) is 57.4 Å². The molecule has 0 saturated heterocycles. The number of nitrogens with zero attached hydrogens (tertiary/aromatic N) is 1. The molecule has 4 heteroatoms. The van der Waals surface area contributed by atoms with Crippen LogP contribution >= 0.6 is 0 Å². The van der Waals surface area contributed by atoms with Gasteiger partial charge in [-0.25, -0.2) is 0 Å². The molecular weight excluding hydrogens is 274 g/mol. The fraction of sp³-hybridized carbons (Fsp3) is 0.333. The summed E-state index contributed by atoms with van der Waals surface area (Å²) < 4.78 is 1.75. The van der Waals surface area contributed by atoms with Crippen molar-refractivity contribution >= 4 is 5.84 Å². The fourth-order valence-electron chi connectivity index (χ4n) is 2.57. The van der Waals surface area contributed by atoms with E-state index in [1.165, 1.54) is 0 Å². The molecule has 0 aliphatic heterocycles. The smallest absolute Gasteiger partial charge is 0.262 e. The van der Waals surface area contributed by atoms with Crippen LogP contribution in [0.2, 0.25) is 0 Å². The third-order valence-electron chi connectivity index (χ3n) is 3.87. The first kappa shape index (κ1) is 16.0. The summed E-state index contributed by atoms with van der Waals surface area (Å²) >= 11 is 0. The zero-order valence-electron chi connectivity index (χ0n) is 13.4. The number of unbranched alkanes of at least 4 members (excludes halogenated alkanes) is 1. The Morgan fingerprint density at radius 1 is 1.23 bits per heavy atom. The second kappa shape index (κ2) is 6.60. The molecule has 22 heavy (non-hydrogen) atoms. The highest BCUT2D eigenvalue weighted by Crippen LogP contribution is 2.24. The summed E-state index contributed by atoms with van der Waals surface area (Å²) in [6.45, 7) is 6.82. The zero-order chi connectivity index (χ0) is 16.3. The van der Waals surface area contributed by atoms with Crippen molar-refractivity contribution in [2.24, 2.45) is 5.73 Å². The molecule has 0 unspecified atom stereocenters. The van der Waals surface area contributed by atoms with Gasteiger partial charge in [-0.3, -0.25) is 10.2 Å². The van der Waals surface area contributed by atoms with Gasteiger partial charge in [-0.2, -0.15) is 0 Å². The lowest BCUT2D eigenvalue weighted by Gasteiger charge is -2.16. The van der Waals surface area contributed by atoms with E-state index in [4.69, 9.17) is 11.1 Å². The van der Waals surface area contributed by atoms with Gasteiger partial charge in [0, 0.05) is 12.1 Å². The number of aryl methyl sites for hydroxylation is 2. The molecule has 0 saturated carbocycles. The van der Waals surface area contributed by atoms with Crippen LogP contribution in [-0.4, -0.2) is 10.4 Å². The quantitative estimate of drug-likeness (QED) is 0.657. The highest BCUT2D eigenvalue weighted by Gasteiger charge is 2.13. The Bertz CT molecular complexity index is 759. The first-order valence-corrected chi connectivity index (χ1v) is 7.61. The van der Waals surface area contributed by atoms with E-state index in [9.17, 15) is 4.79 Å². The SMILES string of the molecule is CCCCn1c(-c2cc(C)ccc2C)ccc(C(=N)N)c1=O. The normalized spacial score (nSPS) is 10.7. The van der Waals surface area contributed by atoms with Gasteiger partial charge in [-0.1, -0.05) is 31.0 Å². The number of nitrogens with two attached hydrogens (primary N) is 1. The van der Waals surface area contributed by atoms with Gasteiger partial charge in [-0.15, -0.1) is 0 Å². The molecule has 0 aliphatic carbocycles. The lowest BCUT2D eigenvalue weighted by molar-refractivity contribution is 0.617. The Kier molecular flexibility index (Phi) is 4.81. The van der Waals surface area contributed by atoms with E-state index in [-0.39, 0.29) is 17.0 Å². The number of pyridine rings is 1. The van der Waals surface area contributed by atoms with E-state index in [1.807, 2.05) is 19.9 Å². The van der Waals surface area contributed by atoms with Gasteiger partial charge in [0.25, 0.3) is 5.56 Å². The standard InChI is InChI=1S/C18H23N3O/c1-4-5-10-21-16(9-8-14(17(19)20)18(21)22)15-11-12(2)6-7-13(15)3/h6-9,11H,4-5,10H2,1-3H3,(H3,19,20). The lowest BCUT2D eigenvalue weighted by atomic mass is 10.0. The maximum atomic E-state index is 12.6. The Morgan fingerprint density at radius 3 is 2.59 bits per heavy atom. The summed E-state index contributed by atoms with van der Waals surface area (Å²) in [4.78, 5) is 12.6. The van der Waals surface area contributed by atoms with Gasteiger partial charge in [0.05, 0.1) is 11.3 Å². The molecule has 116 valence electrons. The minimum Gasteiger partial charge on any atom is -0.384 e. The number of amidine groups is 1. The number of hydrogen-bond donors (Lipinski definition) is 2. The Balaban J connectivity index is 2.69. The van der Waals surface area contributed by atoms with Crippen LogP contribution in [0, 0.1) is 19.3 Å². The molecule has 2 rings (SSSR count). The summed E-state index contributed by atoms with van der Waals surface area (Å²) in [5.41, 5.74) is 9.85. The van der Waals surface area contributed by atoms with Crippen molar-refractivity contribution in [3.8, 4) is 11.3 Å². The molecule has 0 aliphatic rings. The van der Waals surface area contributed by atoms with Crippen LogP contribution in [0.15, 0.2) is 35.1 Å². The van der Waals surface area contributed by atoms with E-state index in [0.29, 0.717) is 6.54 Å². The van der Waals surface area contributed by atoms with Gasteiger partial charge in [-0.05, 0) is 44.0 Å². The van der Waals surface area contributed by atoms with Gasteiger partial charge in [0.2, 0.25) is 0 Å². The largest absolute Gasteiger partial charge is 0.384 e. The number of nitrogens with one attached hydrogen (secondary N) is 1. The van der Waals surface area contributed by atoms with E-state index < -0.39 is 0 Å². The van der Waals surface area contributed by atoms with Crippen LogP contribution < -0.4 is 11.3 Å². The number of hydrogen-bond acceptors (Lipinski definition) is 2. The Hall–Kier alpha value is -2.36. The van der Waals surface area contributed by atoms with Gasteiger partial charge in [0.15, 0.2) is 0 Å². The molecule has 0 spiro atoms. The summed E-state index contributed by atoms with van der Waals surface area (Å²) in [6, 6.07) is 9.79. The number of aromatic nitrogens is 1. The number of benzene rings is 1. The molecule has 0 bridgehead atoms. The molecule has 4 nitrogen and oxygen atoms in total. The summed E-state index contributed by atoms with van der Waals surface area (Å²) in [7, 11) is 0. The van der Waals surface area contributed by atoms with Crippen LogP contribution in [0.4, 0.5) is 0 Å². The van der Waals surface area contributed by atoms with Crippen molar-refractivity contribution in [3.63, 3.8) is 0 Å². The lowest BCUT2D eigenvalue weighted by Crippen LogP contribution is -2.30. The molecule has 1 aromatic carbocycles. The topological polar surface area (TPSA) is 71.9 Å². The van der Waals surface area contributed by atoms with Crippen molar-refractivity contribution in [1.82, 2.24) is 4.57 Å². The predicted molar refractivity (Wildman–Crippen MR) is 91.5 cm³/mol. The fourth-order valence-corrected chi connectivity index (χ4v) is 2.57. The molecule has 2 aromatic rings. The third-order valence-corrected chi connectivity index (χ3v) is 3.87. The van der Waals surface area contributed by atoms with E-state index in [0.717, 1.165) is 35.2 Å². The summed E-state index contributed by atoms with van der Waals surface area (Å²) in [5, 5.41) is 7.57. The van der Waals surface area contributed by atoms with Gasteiger partial charge >= 0.3 is 0 Å². The highest BCUT2D eigenvalue weighted by atomic mass is 16.1. The molecule has 1 heterocycles. The van der Waals surface area contributed by atoms with Crippen molar-refractivity contribution in [1.29, 1.82) is 5.41 Å². The molecular formula is C18H23N3O. The predicted octanol–water partition coefficient (Wildman–Crippen LogP) is 3.22. The van der Waals surface area contributed by atoms with E-state index in [2.05, 4.69) is 25.1 Å². The van der Waals surface area contributed by atoms with Gasteiger partial charge in [0.1, 0.15) is 5.84 Å². The van der Waals surface area contributed by atoms with Crippen molar-refractivity contribution < 1.29 is 0 Å². The first-order valence-electron chi connectivity index (χ1n) is 7.61. The average molecular weight is 297 g/mol. The Morgan fingerprint density at radius 2 is 1.95 bits per heavy atom. The zero-order valence-corrected chi connectivity index (χ0v) is 13.4. The second-order valence-electron chi connectivity index (χ2n) is 5.67. The molecule has 3 N–H and O–H groups in total. The molecule has 0 fully saturated rings. The van der Waals surface area contributed by atoms with E-state index in [1.54, 1.807) is 10.6 Å². The summed E-state index contributed by atoms with van der Waals surface area (Å²) in [5.74, 6) is -0.178. The van der Waals surface area contributed by atoms with Crippen LogP contribution in [0.1, 0.15) is 36.5 Å². The molecule has 0 atom stereocenters. The average Bonchev–Trinajstić information content (AvgIpc) is 2.48. The minimum absolute atomic E-state index is 0.178. The number of rotatable bonds is 5. The van der Waals surface area contributed by atoms with Crippen LogP contribution in [-0.2, 0) is 6.54 Å². The van der Waals surface area contributed by atoms with Crippen LogP contribution in [0.3, 0.4) is 0 Å². The Labute approximate surface area is 131 Å². The minimum atomic E-state index is -0.181. The third kappa shape index (κ3) is 3.11. The van der Waals surface area contributed by atoms with Crippen LogP contribution in [0.25, 0.3) is 11.3 Å². The van der Waals surface area contributed by atoms with Crippen molar-refractivity contribution in [2.75, 3.05) is 0 Å². The maximum absolute atomic E-state index is 12.6. The molecule has 0 radical (unpaired) electrons. The second-order valence-corrected chi connectivity index (χ2v) is 5.67. The van der Waals surface area contributed by atoms with E-state index >= 15 is 0 Å². The highest BCUT2D eigenvalue weighted by molar-refractivity contribution is 5.94. The van der Waals surface area contributed by atoms with Gasteiger partial charge < -0.3 is 10.3 Å². The molecule has 0 amide bonds. The first-order chi connectivity index (χ1) is 10.5. The monoisotopic (exact) mass is 297 g/mol. The van der Waals surface area contributed by atoms with Crippen LogP contribution in [0.5, 0.6) is 0 Å². The number of nitrogen functional groups attached to an aromatic ring is 1. The van der Waals surface area contributed by atoms with Crippen molar-refractivity contribution in [2.45, 2.75) is 40.2 Å². The maximum Gasteiger partial charge on any atom is 0.262 e. The summed E-state index contributed by atoms with van der Waals surface area (Å²) in [6.07, 6.45) is 1.92.